The fourth-order valence-electron chi connectivity index (χ4n) is 2.17. The summed E-state index contributed by atoms with van der Waals surface area (Å²) in [7, 11) is 1.64. The standard InChI is InChI=1S/C18H22N2O2/c1-6-7-15-8-9-17(18(10-15)21-5)22-11-16-14(4)19-12(2)13(3)20-16/h6,8-10H,1,7,11H2,2-5H3. The van der Waals surface area contributed by atoms with Crippen molar-refractivity contribution in [2.24, 2.45) is 0 Å². The zero-order valence-electron chi connectivity index (χ0n) is 13.6. The first-order chi connectivity index (χ1) is 10.5. The molecule has 0 N–H and O–H groups in total. The predicted octanol–water partition coefficient (Wildman–Crippen LogP) is 3.72. The Balaban J connectivity index is 2.17. The summed E-state index contributed by atoms with van der Waals surface area (Å²) in [5, 5.41) is 0. The van der Waals surface area contributed by atoms with Crippen molar-refractivity contribution in [3.63, 3.8) is 0 Å². The van der Waals surface area contributed by atoms with Crippen molar-refractivity contribution in [2.45, 2.75) is 33.8 Å². The van der Waals surface area contributed by atoms with E-state index in [4.69, 9.17) is 9.47 Å². The summed E-state index contributed by atoms with van der Waals surface area (Å²) in [6, 6.07) is 5.90. The minimum Gasteiger partial charge on any atom is -0.493 e. The molecular formula is C18H22N2O2. The molecule has 116 valence electrons. The molecule has 0 bridgehead atoms. The van der Waals surface area contributed by atoms with Crippen molar-refractivity contribution >= 4 is 0 Å². The smallest absolute Gasteiger partial charge is 0.161 e. The molecule has 0 saturated carbocycles. The molecule has 1 heterocycles. The third-order valence-corrected chi connectivity index (χ3v) is 3.55. The second kappa shape index (κ2) is 7.07. The number of benzene rings is 1. The van der Waals surface area contributed by atoms with Gasteiger partial charge in [0.1, 0.15) is 6.61 Å². The molecule has 4 nitrogen and oxygen atoms in total. The average Bonchev–Trinajstić information content (AvgIpc) is 2.50. The van der Waals surface area contributed by atoms with Gasteiger partial charge in [0, 0.05) is 0 Å². The van der Waals surface area contributed by atoms with Crippen LogP contribution >= 0.6 is 0 Å². The van der Waals surface area contributed by atoms with Gasteiger partial charge in [-0.3, -0.25) is 9.97 Å². The molecule has 2 rings (SSSR count). The van der Waals surface area contributed by atoms with Gasteiger partial charge in [-0.05, 0) is 44.9 Å². The quantitative estimate of drug-likeness (QED) is 0.762. The highest BCUT2D eigenvalue weighted by Gasteiger charge is 2.09. The topological polar surface area (TPSA) is 44.2 Å². The normalized spacial score (nSPS) is 10.4. The summed E-state index contributed by atoms with van der Waals surface area (Å²) in [6.07, 6.45) is 2.67. The lowest BCUT2D eigenvalue weighted by Gasteiger charge is -2.13. The second-order valence-electron chi connectivity index (χ2n) is 5.19. The molecular weight excluding hydrogens is 276 g/mol. The minimum atomic E-state index is 0.372. The molecule has 0 fully saturated rings. The lowest BCUT2D eigenvalue weighted by atomic mass is 10.1. The first kappa shape index (κ1) is 16.0. The molecule has 4 heteroatoms. The van der Waals surface area contributed by atoms with Gasteiger partial charge < -0.3 is 9.47 Å². The van der Waals surface area contributed by atoms with Gasteiger partial charge in [0.2, 0.25) is 0 Å². The van der Waals surface area contributed by atoms with Gasteiger partial charge in [-0.15, -0.1) is 6.58 Å². The summed E-state index contributed by atoms with van der Waals surface area (Å²) in [5.41, 5.74) is 4.76. The number of hydrogen-bond donors (Lipinski definition) is 0. The van der Waals surface area contributed by atoms with E-state index in [0.29, 0.717) is 18.1 Å². The van der Waals surface area contributed by atoms with Gasteiger partial charge in [0.05, 0.1) is 29.9 Å². The number of aryl methyl sites for hydroxylation is 3. The summed E-state index contributed by atoms with van der Waals surface area (Å²) in [4.78, 5) is 9.03. The molecule has 1 aromatic heterocycles. The molecule has 1 aromatic carbocycles. The predicted molar refractivity (Wildman–Crippen MR) is 87.5 cm³/mol. The van der Waals surface area contributed by atoms with Crippen LogP contribution in [0.25, 0.3) is 0 Å². The van der Waals surface area contributed by atoms with Gasteiger partial charge >= 0.3 is 0 Å². The van der Waals surface area contributed by atoms with Crippen LogP contribution in [0.5, 0.6) is 11.5 Å². The van der Waals surface area contributed by atoms with E-state index in [1.165, 1.54) is 0 Å². The average molecular weight is 298 g/mol. The number of hydrogen-bond acceptors (Lipinski definition) is 4. The molecule has 0 radical (unpaired) electrons. The molecule has 0 unspecified atom stereocenters. The SMILES string of the molecule is C=CCc1ccc(OCc2nc(C)c(C)nc2C)c(OC)c1. The number of rotatable bonds is 6. The third-order valence-electron chi connectivity index (χ3n) is 3.55. The Kier molecular flexibility index (Phi) is 5.15. The summed E-state index contributed by atoms with van der Waals surface area (Å²) < 4.78 is 11.3. The van der Waals surface area contributed by atoms with E-state index < -0.39 is 0 Å². The maximum atomic E-state index is 5.87. The highest BCUT2D eigenvalue weighted by molar-refractivity contribution is 5.43. The van der Waals surface area contributed by atoms with Gasteiger partial charge in [-0.2, -0.15) is 0 Å². The van der Waals surface area contributed by atoms with Gasteiger partial charge in [-0.25, -0.2) is 0 Å². The number of ether oxygens (including phenoxy) is 2. The first-order valence-electron chi connectivity index (χ1n) is 7.26. The molecule has 0 amide bonds. The van der Waals surface area contributed by atoms with Crippen LogP contribution in [0.2, 0.25) is 0 Å². The van der Waals surface area contributed by atoms with Crippen LogP contribution in [-0.4, -0.2) is 17.1 Å². The van der Waals surface area contributed by atoms with Gasteiger partial charge in [0.15, 0.2) is 11.5 Å². The zero-order chi connectivity index (χ0) is 16.1. The Labute approximate surface area is 131 Å². The Morgan fingerprint density at radius 3 is 2.45 bits per heavy atom. The molecule has 0 aliphatic heterocycles. The van der Waals surface area contributed by atoms with Crippen LogP contribution in [0.4, 0.5) is 0 Å². The van der Waals surface area contributed by atoms with Gasteiger partial charge in [0.25, 0.3) is 0 Å². The van der Waals surface area contributed by atoms with Crippen LogP contribution in [0.3, 0.4) is 0 Å². The number of nitrogens with zero attached hydrogens (tertiary/aromatic N) is 2. The van der Waals surface area contributed by atoms with Crippen molar-refractivity contribution in [3.8, 4) is 11.5 Å². The van der Waals surface area contributed by atoms with Crippen molar-refractivity contribution < 1.29 is 9.47 Å². The third kappa shape index (κ3) is 3.64. The van der Waals surface area contributed by atoms with Crippen molar-refractivity contribution in [1.82, 2.24) is 9.97 Å². The summed E-state index contributed by atoms with van der Waals surface area (Å²) in [6.45, 7) is 9.98. The largest absolute Gasteiger partial charge is 0.493 e. The van der Waals surface area contributed by atoms with Crippen LogP contribution in [-0.2, 0) is 13.0 Å². The van der Waals surface area contributed by atoms with Gasteiger partial charge in [-0.1, -0.05) is 12.1 Å². The number of aromatic nitrogens is 2. The van der Waals surface area contributed by atoms with Crippen LogP contribution in [0.15, 0.2) is 30.9 Å². The van der Waals surface area contributed by atoms with E-state index >= 15 is 0 Å². The summed E-state index contributed by atoms with van der Waals surface area (Å²) >= 11 is 0. The lowest BCUT2D eigenvalue weighted by molar-refractivity contribution is 0.279. The van der Waals surface area contributed by atoms with E-state index in [1.54, 1.807) is 7.11 Å². The first-order valence-corrected chi connectivity index (χ1v) is 7.26. The second-order valence-corrected chi connectivity index (χ2v) is 5.19. The number of allylic oxidation sites excluding steroid dienone is 1. The maximum Gasteiger partial charge on any atom is 0.161 e. The van der Waals surface area contributed by atoms with Crippen molar-refractivity contribution in [3.05, 3.63) is 59.2 Å². The molecule has 0 aliphatic rings. The zero-order valence-corrected chi connectivity index (χ0v) is 13.6. The highest BCUT2D eigenvalue weighted by atomic mass is 16.5. The van der Waals surface area contributed by atoms with E-state index in [-0.39, 0.29) is 0 Å². The summed E-state index contributed by atoms with van der Waals surface area (Å²) in [5.74, 6) is 1.42. The Morgan fingerprint density at radius 2 is 1.77 bits per heavy atom. The van der Waals surface area contributed by atoms with Crippen molar-refractivity contribution in [1.29, 1.82) is 0 Å². The fourth-order valence-corrected chi connectivity index (χ4v) is 2.17. The fraction of sp³-hybridized carbons (Fsp3) is 0.333. The number of methoxy groups -OCH3 is 1. The Morgan fingerprint density at radius 1 is 1.05 bits per heavy atom. The molecule has 0 spiro atoms. The van der Waals surface area contributed by atoms with Crippen LogP contribution < -0.4 is 9.47 Å². The van der Waals surface area contributed by atoms with E-state index in [2.05, 4.69) is 16.5 Å². The Bertz CT molecular complexity index is 681. The van der Waals surface area contributed by atoms with E-state index in [0.717, 1.165) is 34.8 Å². The van der Waals surface area contributed by atoms with Crippen LogP contribution in [0.1, 0.15) is 28.3 Å². The Hall–Kier alpha value is -2.36. The maximum absolute atomic E-state index is 5.87. The molecule has 0 aliphatic carbocycles. The van der Waals surface area contributed by atoms with Crippen LogP contribution in [0, 0.1) is 20.8 Å². The molecule has 0 atom stereocenters. The highest BCUT2D eigenvalue weighted by Crippen LogP contribution is 2.29. The molecule has 22 heavy (non-hydrogen) atoms. The monoisotopic (exact) mass is 298 g/mol. The minimum absolute atomic E-state index is 0.372. The lowest BCUT2D eigenvalue weighted by Crippen LogP contribution is -2.07. The molecule has 0 saturated heterocycles. The molecule has 2 aromatic rings. The van der Waals surface area contributed by atoms with E-state index in [1.807, 2.05) is 45.0 Å². The van der Waals surface area contributed by atoms with E-state index in [9.17, 15) is 0 Å². The van der Waals surface area contributed by atoms with Crippen molar-refractivity contribution in [2.75, 3.05) is 7.11 Å².